The molecule has 0 aliphatic carbocycles. The molecule has 1 fully saturated rings. The number of sulfonamides is 1. The van der Waals surface area contributed by atoms with Crippen LogP contribution in [0.3, 0.4) is 0 Å². The molecule has 0 aromatic heterocycles. The Labute approximate surface area is 170 Å². The van der Waals surface area contributed by atoms with Gasteiger partial charge in [0.05, 0.1) is 4.90 Å². The van der Waals surface area contributed by atoms with Gasteiger partial charge in [0.1, 0.15) is 5.82 Å². The Morgan fingerprint density at radius 1 is 1.11 bits per heavy atom. The Bertz CT molecular complexity index is 930. The molecular formula is C19H23ClFN3O3S. The third-order valence-electron chi connectivity index (χ3n) is 4.50. The van der Waals surface area contributed by atoms with Crippen LogP contribution < -0.4 is 15.4 Å². The molecule has 0 atom stereocenters. The second-order valence-electron chi connectivity index (χ2n) is 6.59. The first kappa shape index (κ1) is 22.1. The molecule has 0 spiro atoms. The molecule has 9 heteroatoms. The summed E-state index contributed by atoms with van der Waals surface area (Å²) in [6.07, 6.45) is 1.78. The average molecular weight is 428 g/mol. The standard InChI is InChI=1S/C19H22FN3O3S.ClH/c1-13-12-15(20)4-7-18(13)27(25,26)23-17-5-2-14(3-6-17)19(24)22-16-8-10-21-11-9-16;/h2-7,12,16,21,23H,8-11H2,1H3,(H,22,24);1H. The first-order chi connectivity index (χ1) is 12.8. The predicted octanol–water partition coefficient (Wildman–Crippen LogP) is 2.84. The lowest BCUT2D eigenvalue weighted by atomic mass is 10.1. The van der Waals surface area contributed by atoms with Gasteiger partial charge in [0, 0.05) is 17.3 Å². The highest BCUT2D eigenvalue weighted by atomic mass is 35.5. The van der Waals surface area contributed by atoms with Gasteiger partial charge in [-0.15, -0.1) is 12.4 Å². The molecule has 1 aliphatic rings. The van der Waals surface area contributed by atoms with Gasteiger partial charge in [-0.25, -0.2) is 12.8 Å². The second kappa shape index (κ2) is 9.36. The molecule has 1 aliphatic heterocycles. The predicted molar refractivity (Wildman–Crippen MR) is 109 cm³/mol. The molecule has 1 saturated heterocycles. The Balaban J connectivity index is 0.00000280. The first-order valence-corrected chi connectivity index (χ1v) is 10.2. The zero-order valence-corrected chi connectivity index (χ0v) is 17.0. The number of piperidine rings is 1. The van der Waals surface area contributed by atoms with Crippen molar-refractivity contribution >= 4 is 34.0 Å². The molecule has 3 rings (SSSR count). The van der Waals surface area contributed by atoms with Crippen molar-refractivity contribution in [2.24, 2.45) is 0 Å². The van der Waals surface area contributed by atoms with Gasteiger partial charge in [-0.1, -0.05) is 0 Å². The quantitative estimate of drug-likeness (QED) is 0.684. The van der Waals surface area contributed by atoms with Gasteiger partial charge < -0.3 is 10.6 Å². The van der Waals surface area contributed by atoms with E-state index in [-0.39, 0.29) is 29.3 Å². The number of aryl methyl sites for hydroxylation is 1. The maximum atomic E-state index is 13.2. The molecule has 1 amide bonds. The van der Waals surface area contributed by atoms with Crippen LogP contribution in [0.1, 0.15) is 28.8 Å². The molecule has 152 valence electrons. The summed E-state index contributed by atoms with van der Waals surface area (Å²) in [6, 6.07) is 9.88. The summed E-state index contributed by atoms with van der Waals surface area (Å²) in [6.45, 7) is 3.30. The number of halogens is 2. The highest BCUT2D eigenvalue weighted by molar-refractivity contribution is 7.92. The van der Waals surface area contributed by atoms with Gasteiger partial charge >= 0.3 is 0 Å². The minimum atomic E-state index is -3.84. The lowest BCUT2D eigenvalue weighted by Crippen LogP contribution is -2.42. The molecule has 2 aromatic carbocycles. The zero-order valence-electron chi connectivity index (χ0n) is 15.4. The number of carbonyl (C=O) groups is 1. The van der Waals surface area contributed by atoms with Crippen molar-refractivity contribution in [3.05, 3.63) is 59.4 Å². The molecule has 0 radical (unpaired) electrons. The minimum absolute atomic E-state index is 0. The summed E-state index contributed by atoms with van der Waals surface area (Å²) in [4.78, 5) is 12.3. The molecule has 3 N–H and O–H groups in total. The average Bonchev–Trinajstić information content (AvgIpc) is 2.62. The Hall–Kier alpha value is -2.16. The lowest BCUT2D eigenvalue weighted by Gasteiger charge is -2.23. The van der Waals surface area contributed by atoms with Crippen molar-refractivity contribution in [2.45, 2.75) is 30.7 Å². The molecule has 0 saturated carbocycles. The molecule has 6 nitrogen and oxygen atoms in total. The van der Waals surface area contributed by atoms with Crippen LogP contribution in [0.25, 0.3) is 0 Å². The molecule has 0 unspecified atom stereocenters. The fraction of sp³-hybridized carbons (Fsp3) is 0.316. The van der Waals surface area contributed by atoms with E-state index in [0.29, 0.717) is 16.8 Å². The lowest BCUT2D eigenvalue weighted by molar-refractivity contribution is 0.0929. The number of benzene rings is 2. The van der Waals surface area contributed by atoms with Crippen LogP contribution in [0.15, 0.2) is 47.4 Å². The van der Waals surface area contributed by atoms with Crippen molar-refractivity contribution in [3.63, 3.8) is 0 Å². The number of hydrogen-bond donors (Lipinski definition) is 3. The Kier molecular flexibility index (Phi) is 7.40. The molecule has 1 heterocycles. The third-order valence-corrected chi connectivity index (χ3v) is 6.04. The monoisotopic (exact) mass is 427 g/mol. The first-order valence-electron chi connectivity index (χ1n) is 8.76. The van der Waals surface area contributed by atoms with Gasteiger partial charge in [-0.05, 0) is 80.9 Å². The fourth-order valence-corrected chi connectivity index (χ4v) is 4.34. The smallest absolute Gasteiger partial charge is 0.262 e. The number of nitrogens with one attached hydrogen (secondary N) is 3. The topological polar surface area (TPSA) is 87.3 Å². The molecule has 28 heavy (non-hydrogen) atoms. The van der Waals surface area contributed by atoms with Crippen LogP contribution in [0, 0.1) is 12.7 Å². The molecule has 0 bridgehead atoms. The highest BCUT2D eigenvalue weighted by Crippen LogP contribution is 2.20. The van der Waals surface area contributed by atoms with Crippen LogP contribution in [0.4, 0.5) is 10.1 Å². The Morgan fingerprint density at radius 3 is 2.36 bits per heavy atom. The largest absolute Gasteiger partial charge is 0.349 e. The van der Waals surface area contributed by atoms with Crippen LogP contribution in [0.5, 0.6) is 0 Å². The van der Waals surface area contributed by atoms with E-state index in [1.165, 1.54) is 31.2 Å². The zero-order chi connectivity index (χ0) is 19.4. The van der Waals surface area contributed by atoms with E-state index in [2.05, 4.69) is 15.4 Å². The summed E-state index contributed by atoms with van der Waals surface area (Å²) in [7, 11) is -3.84. The van der Waals surface area contributed by atoms with Crippen LogP contribution in [0.2, 0.25) is 0 Å². The normalized spacial score (nSPS) is 14.8. The summed E-state index contributed by atoms with van der Waals surface area (Å²) in [5, 5.41) is 6.23. The molecular weight excluding hydrogens is 405 g/mol. The van der Waals surface area contributed by atoms with E-state index in [1.807, 2.05) is 0 Å². The Morgan fingerprint density at radius 2 is 1.75 bits per heavy atom. The maximum Gasteiger partial charge on any atom is 0.262 e. The second-order valence-corrected chi connectivity index (χ2v) is 8.24. The number of anilines is 1. The van der Waals surface area contributed by atoms with Gasteiger partial charge in [-0.2, -0.15) is 0 Å². The van der Waals surface area contributed by atoms with Crippen molar-refractivity contribution in [3.8, 4) is 0 Å². The van der Waals surface area contributed by atoms with Gasteiger partial charge in [0.2, 0.25) is 0 Å². The number of rotatable bonds is 5. The number of amides is 1. The van der Waals surface area contributed by atoms with Gasteiger partial charge in [0.25, 0.3) is 15.9 Å². The van der Waals surface area contributed by atoms with E-state index < -0.39 is 15.8 Å². The molecule has 2 aromatic rings. The van der Waals surface area contributed by atoms with E-state index in [0.717, 1.165) is 32.0 Å². The SMILES string of the molecule is Cc1cc(F)ccc1S(=O)(=O)Nc1ccc(C(=O)NC2CCNCC2)cc1.Cl. The van der Waals surface area contributed by atoms with Crippen LogP contribution in [-0.2, 0) is 10.0 Å². The van der Waals surface area contributed by atoms with Gasteiger partial charge in [0.15, 0.2) is 0 Å². The summed E-state index contributed by atoms with van der Waals surface area (Å²) >= 11 is 0. The summed E-state index contributed by atoms with van der Waals surface area (Å²) in [5.74, 6) is -0.666. The summed E-state index contributed by atoms with van der Waals surface area (Å²) < 4.78 is 40.6. The van der Waals surface area contributed by atoms with Gasteiger partial charge in [-0.3, -0.25) is 9.52 Å². The third kappa shape index (κ3) is 5.43. The van der Waals surface area contributed by atoms with E-state index in [4.69, 9.17) is 0 Å². The summed E-state index contributed by atoms with van der Waals surface area (Å²) in [5.41, 5.74) is 1.12. The van der Waals surface area contributed by atoms with Crippen molar-refractivity contribution < 1.29 is 17.6 Å². The van der Waals surface area contributed by atoms with Crippen LogP contribution >= 0.6 is 12.4 Å². The fourth-order valence-electron chi connectivity index (χ4n) is 3.05. The maximum absolute atomic E-state index is 13.2. The van der Waals surface area contributed by atoms with E-state index in [1.54, 1.807) is 12.1 Å². The highest BCUT2D eigenvalue weighted by Gasteiger charge is 2.19. The van der Waals surface area contributed by atoms with E-state index in [9.17, 15) is 17.6 Å². The number of hydrogen-bond acceptors (Lipinski definition) is 4. The van der Waals surface area contributed by atoms with Crippen molar-refractivity contribution in [1.82, 2.24) is 10.6 Å². The van der Waals surface area contributed by atoms with Crippen molar-refractivity contribution in [1.29, 1.82) is 0 Å². The van der Waals surface area contributed by atoms with Crippen LogP contribution in [-0.4, -0.2) is 33.5 Å². The van der Waals surface area contributed by atoms with E-state index >= 15 is 0 Å². The van der Waals surface area contributed by atoms with Crippen molar-refractivity contribution in [2.75, 3.05) is 17.8 Å². The minimum Gasteiger partial charge on any atom is -0.349 e. The number of carbonyl (C=O) groups excluding carboxylic acids is 1.